The molecule has 1 unspecified atom stereocenters. The number of carbonyl (C=O) groups excluding carboxylic acids is 1. The molecule has 0 saturated carbocycles. The SMILES string of the molecule is COc1cc(C(=O)N(CCc2ccc(F)cc2)CC(=O)O)cc2c1OC(C)(Cc1ccc(Cl)c(F)c1)C2. The Morgan fingerprint density at radius 2 is 1.81 bits per heavy atom. The van der Waals surface area contributed by atoms with E-state index in [0.29, 0.717) is 36.3 Å². The summed E-state index contributed by atoms with van der Waals surface area (Å²) in [7, 11) is 1.46. The topological polar surface area (TPSA) is 76.1 Å². The summed E-state index contributed by atoms with van der Waals surface area (Å²) in [6, 6.07) is 13.7. The molecule has 0 bridgehead atoms. The molecule has 6 nitrogen and oxygen atoms in total. The summed E-state index contributed by atoms with van der Waals surface area (Å²) in [6.45, 7) is 1.53. The number of nitrogens with zero attached hydrogens (tertiary/aromatic N) is 1. The minimum atomic E-state index is -1.15. The van der Waals surface area contributed by atoms with Gasteiger partial charge in [0.05, 0.1) is 12.1 Å². The van der Waals surface area contributed by atoms with Crippen LogP contribution in [0, 0.1) is 11.6 Å². The lowest BCUT2D eigenvalue weighted by atomic mass is 9.91. The van der Waals surface area contributed by atoms with Gasteiger partial charge in [-0.05, 0) is 60.9 Å². The van der Waals surface area contributed by atoms with E-state index < -0.39 is 29.8 Å². The van der Waals surface area contributed by atoms with Crippen molar-refractivity contribution in [1.29, 1.82) is 0 Å². The minimum absolute atomic E-state index is 0.0414. The molecule has 0 saturated heterocycles. The van der Waals surface area contributed by atoms with Crippen molar-refractivity contribution in [3.63, 3.8) is 0 Å². The van der Waals surface area contributed by atoms with Gasteiger partial charge < -0.3 is 19.5 Å². The number of rotatable bonds is 9. The molecule has 0 fully saturated rings. The predicted octanol–water partition coefficient (Wildman–Crippen LogP) is 5.33. The zero-order valence-corrected chi connectivity index (χ0v) is 21.1. The van der Waals surface area contributed by atoms with Crippen LogP contribution in [0.5, 0.6) is 11.5 Å². The summed E-state index contributed by atoms with van der Waals surface area (Å²) in [5.41, 5.74) is 1.76. The number of aliphatic carboxylic acids is 1. The summed E-state index contributed by atoms with van der Waals surface area (Å²) in [5, 5.41) is 9.43. The molecular formula is C28H26ClF2NO5. The Kier molecular flexibility index (Phi) is 7.68. The van der Waals surface area contributed by atoms with Gasteiger partial charge in [0.25, 0.3) is 5.91 Å². The highest BCUT2D eigenvalue weighted by Crippen LogP contribution is 2.44. The molecule has 3 aromatic carbocycles. The van der Waals surface area contributed by atoms with Crippen LogP contribution >= 0.6 is 11.6 Å². The molecule has 9 heteroatoms. The fourth-order valence-electron chi connectivity index (χ4n) is 4.56. The van der Waals surface area contributed by atoms with Crippen LogP contribution in [0.1, 0.15) is 34.0 Å². The molecule has 0 spiro atoms. The summed E-state index contributed by atoms with van der Waals surface area (Å²) in [5.74, 6) is -1.66. The van der Waals surface area contributed by atoms with Gasteiger partial charge in [0.1, 0.15) is 23.8 Å². The largest absolute Gasteiger partial charge is 0.493 e. The van der Waals surface area contributed by atoms with Crippen molar-refractivity contribution >= 4 is 23.5 Å². The van der Waals surface area contributed by atoms with Crippen LogP contribution in [0.4, 0.5) is 8.78 Å². The second-order valence-electron chi connectivity index (χ2n) is 9.32. The van der Waals surface area contributed by atoms with E-state index in [1.54, 1.807) is 24.3 Å². The van der Waals surface area contributed by atoms with Crippen LogP contribution in [0.2, 0.25) is 5.02 Å². The number of ether oxygens (including phenoxy) is 2. The third kappa shape index (κ3) is 6.20. The smallest absolute Gasteiger partial charge is 0.323 e. The number of carbonyl (C=O) groups is 2. The van der Waals surface area contributed by atoms with Crippen LogP contribution in [0.15, 0.2) is 54.6 Å². The molecule has 37 heavy (non-hydrogen) atoms. The lowest BCUT2D eigenvalue weighted by molar-refractivity contribution is -0.137. The van der Waals surface area contributed by atoms with Gasteiger partial charge in [0.15, 0.2) is 11.5 Å². The third-order valence-electron chi connectivity index (χ3n) is 6.27. The number of carboxylic acids is 1. The maximum absolute atomic E-state index is 14.0. The number of hydrogen-bond donors (Lipinski definition) is 1. The Hall–Kier alpha value is -3.65. The summed E-state index contributed by atoms with van der Waals surface area (Å²) >= 11 is 5.80. The first-order valence-electron chi connectivity index (χ1n) is 11.7. The van der Waals surface area contributed by atoms with Crippen molar-refractivity contribution in [2.75, 3.05) is 20.2 Å². The molecule has 1 heterocycles. The van der Waals surface area contributed by atoms with E-state index in [1.165, 1.54) is 42.3 Å². The fourth-order valence-corrected chi connectivity index (χ4v) is 4.68. The molecule has 0 aromatic heterocycles. The molecule has 4 rings (SSSR count). The number of hydrogen-bond acceptors (Lipinski definition) is 4. The quantitative estimate of drug-likeness (QED) is 0.405. The number of fused-ring (bicyclic) bond motifs is 1. The van der Waals surface area contributed by atoms with Crippen LogP contribution in [0.25, 0.3) is 0 Å². The summed E-state index contributed by atoms with van der Waals surface area (Å²) in [4.78, 5) is 26.1. The van der Waals surface area contributed by atoms with Gasteiger partial charge in [-0.3, -0.25) is 9.59 Å². The van der Waals surface area contributed by atoms with Gasteiger partial charge in [-0.2, -0.15) is 0 Å². The molecule has 194 valence electrons. The van der Waals surface area contributed by atoms with E-state index >= 15 is 0 Å². The Bertz CT molecular complexity index is 1330. The number of amides is 1. The molecule has 1 atom stereocenters. The Morgan fingerprint density at radius 1 is 1.11 bits per heavy atom. The van der Waals surface area contributed by atoms with Crippen molar-refractivity contribution < 1.29 is 33.0 Å². The first kappa shape index (κ1) is 26.4. The maximum Gasteiger partial charge on any atom is 0.323 e. The normalized spacial score (nSPS) is 16.1. The third-order valence-corrected chi connectivity index (χ3v) is 6.58. The summed E-state index contributed by atoms with van der Waals surface area (Å²) < 4.78 is 38.9. The molecule has 3 aromatic rings. The first-order chi connectivity index (χ1) is 17.6. The van der Waals surface area contributed by atoms with Crippen LogP contribution < -0.4 is 9.47 Å². The lowest BCUT2D eigenvalue weighted by Gasteiger charge is -2.24. The van der Waals surface area contributed by atoms with Crippen molar-refractivity contribution in [1.82, 2.24) is 4.90 Å². The minimum Gasteiger partial charge on any atom is -0.493 e. The fraction of sp³-hybridized carbons (Fsp3) is 0.286. The van der Waals surface area contributed by atoms with Gasteiger partial charge in [0, 0.05) is 30.5 Å². The van der Waals surface area contributed by atoms with E-state index in [9.17, 15) is 23.5 Å². The van der Waals surface area contributed by atoms with E-state index in [-0.39, 0.29) is 22.9 Å². The summed E-state index contributed by atoms with van der Waals surface area (Å²) in [6.07, 6.45) is 1.18. The van der Waals surface area contributed by atoms with Gasteiger partial charge >= 0.3 is 5.97 Å². The number of carboxylic acid groups (broad SMARTS) is 1. The van der Waals surface area contributed by atoms with Crippen molar-refractivity contribution in [3.05, 3.63) is 93.5 Å². The molecule has 1 amide bonds. The first-order valence-corrected chi connectivity index (χ1v) is 12.0. The molecule has 0 radical (unpaired) electrons. The van der Waals surface area contributed by atoms with E-state index in [0.717, 1.165) is 11.1 Å². The van der Waals surface area contributed by atoms with Crippen LogP contribution in [-0.4, -0.2) is 47.7 Å². The lowest BCUT2D eigenvalue weighted by Crippen LogP contribution is -2.37. The monoisotopic (exact) mass is 529 g/mol. The van der Waals surface area contributed by atoms with Gasteiger partial charge in [-0.1, -0.05) is 29.8 Å². The Morgan fingerprint density at radius 3 is 2.46 bits per heavy atom. The average Bonchev–Trinajstić information content (AvgIpc) is 3.19. The second kappa shape index (κ2) is 10.8. The molecule has 1 aliphatic rings. The molecule has 1 N–H and O–H groups in total. The highest BCUT2D eigenvalue weighted by Gasteiger charge is 2.38. The standard InChI is InChI=1S/C28H26ClF2NO5/c1-28(14-18-5-8-22(29)23(31)11-18)15-20-12-19(13-24(36-2)26(20)37-28)27(35)32(16-25(33)34)10-9-17-3-6-21(30)7-4-17/h3-8,11-13H,9-10,14-16H2,1-2H3,(H,33,34). The zero-order valence-electron chi connectivity index (χ0n) is 20.4. The highest BCUT2D eigenvalue weighted by molar-refractivity contribution is 6.30. The highest BCUT2D eigenvalue weighted by atomic mass is 35.5. The van der Waals surface area contributed by atoms with E-state index in [1.807, 2.05) is 6.92 Å². The van der Waals surface area contributed by atoms with E-state index in [4.69, 9.17) is 21.1 Å². The average molecular weight is 530 g/mol. The number of methoxy groups -OCH3 is 1. The second-order valence-corrected chi connectivity index (χ2v) is 9.72. The van der Waals surface area contributed by atoms with Gasteiger partial charge in [-0.15, -0.1) is 0 Å². The predicted molar refractivity (Wildman–Crippen MR) is 134 cm³/mol. The van der Waals surface area contributed by atoms with Gasteiger partial charge in [0.2, 0.25) is 0 Å². The van der Waals surface area contributed by atoms with Crippen molar-refractivity contribution in [2.45, 2.75) is 31.8 Å². The van der Waals surface area contributed by atoms with Crippen molar-refractivity contribution in [3.8, 4) is 11.5 Å². The zero-order chi connectivity index (χ0) is 26.7. The molecule has 0 aliphatic carbocycles. The Labute approximate surface area is 218 Å². The molecule has 1 aliphatic heterocycles. The number of halogens is 3. The van der Waals surface area contributed by atoms with E-state index in [2.05, 4.69) is 0 Å². The van der Waals surface area contributed by atoms with Crippen LogP contribution in [-0.2, 0) is 24.1 Å². The Balaban J connectivity index is 1.56. The molecular weight excluding hydrogens is 504 g/mol. The van der Waals surface area contributed by atoms with Crippen molar-refractivity contribution in [2.24, 2.45) is 0 Å². The van der Waals surface area contributed by atoms with Crippen LogP contribution in [0.3, 0.4) is 0 Å². The van der Waals surface area contributed by atoms with Gasteiger partial charge in [-0.25, -0.2) is 8.78 Å². The maximum atomic E-state index is 14.0. The number of benzene rings is 3.